The molecule has 2 aromatic heterocycles. The van der Waals surface area contributed by atoms with E-state index in [-0.39, 0.29) is 18.4 Å². The molecule has 3 aromatic rings. The number of hydrogen-bond donors (Lipinski definition) is 1. The minimum Gasteiger partial charge on any atom is -0.463 e. The number of rotatable bonds is 6. The number of fused-ring (bicyclic) bond motifs is 1. The van der Waals surface area contributed by atoms with E-state index in [4.69, 9.17) is 9.15 Å². The van der Waals surface area contributed by atoms with Crippen LogP contribution in [0.1, 0.15) is 23.0 Å². The van der Waals surface area contributed by atoms with Crippen molar-refractivity contribution in [2.75, 3.05) is 25.2 Å². The third-order valence-electron chi connectivity index (χ3n) is 5.30. The maximum atomic E-state index is 13.6. The van der Waals surface area contributed by atoms with Crippen molar-refractivity contribution in [3.05, 3.63) is 60.0 Å². The van der Waals surface area contributed by atoms with Gasteiger partial charge in [0.15, 0.2) is 5.76 Å². The number of hydrogen-bond acceptors (Lipinski definition) is 5. The van der Waals surface area contributed by atoms with Crippen molar-refractivity contribution >= 4 is 17.5 Å². The van der Waals surface area contributed by atoms with Crippen molar-refractivity contribution in [2.24, 2.45) is 0 Å². The van der Waals surface area contributed by atoms with Gasteiger partial charge in [-0.2, -0.15) is 5.10 Å². The summed E-state index contributed by atoms with van der Waals surface area (Å²) in [6.07, 6.45) is 1.56. The first-order chi connectivity index (χ1) is 14.4. The van der Waals surface area contributed by atoms with Crippen LogP contribution in [0.2, 0.25) is 0 Å². The third-order valence-corrected chi connectivity index (χ3v) is 5.30. The van der Waals surface area contributed by atoms with Crippen LogP contribution in [0, 0.1) is 6.92 Å². The highest BCUT2D eigenvalue weighted by Crippen LogP contribution is 2.34. The third kappa shape index (κ3) is 3.39. The van der Waals surface area contributed by atoms with Gasteiger partial charge in [-0.05, 0) is 38.1 Å². The highest BCUT2D eigenvalue weighted by Gasteiger charge is 2.48. The van der Waals surface area contributed by atoms with E-state index in [0.717, 1.165) is 5.56 Å². The van der Waals surface area contributed by atoms with Gasteiger partial charge in [0.2, 0.25) is 5.91 Å². The number of nitrogens with zero attached hydrogens (tertiary/aromatic N) is 3. The minimum absolute atomic E-state index is 0.210. The molecular weight excluding hydrogens is 384 g/mol. The van der Waals surface area contributed by atoms with Gasteiger partial charge >= 0.3 is 0 Å². The summed E-state index contributed by atoms with van der Waals surface area (Å²) in [5, 5.41) is 7.40. The van der Waals surface area contributed by atoms with Gasteiger partial charge in [-0.3, -0.25) is 19.2 Å². The Bertz CT molecular complexity index is 1060. The smallest absolute Gasteiger partial charge is 0.277 e. The summed E-state index contributed by atoms with van der Waals surface area (Å²) in [4.78, 5) is 28.3. The second-order valence-electron chi connectivity index (χ2n) is 7.55. The van der Waals surface area contributed by atoms with Gasteiger partial charge in [0.1, 0.15) is 16.9 Å². The molecule has 30 heavy (non-hydrogen) atoms. The maximum Gasteiger partial charge on any atom is 0.277 e. The van der Waals surface area contributed by atoms with E-state index >= 15 is 0 Å². The molecule has 3 heterocycles. The van der Waals surface area contributed by atoms with Crippen LogP contribution >= 0.6 is 0 Å². The molecule has 2 amide bonds. The lowest BCUT2D eigenvalue weighted by Gasteiger charge is -2.43. The van der Waals surface area contributed by atoms with Crippen molar-refractivity contribution in [2.45, 2.75) is 25.9 Å². The van der Waals surface area contributed by atoms with Gasteiger partial charge in [-0.1, -0.05) is 17.7 Å². The molecule has 0 saturated heterocycles. The summed E-state index contributed by atoms with van der Waals surface area (Å²) in [5.74, 6) is 0.00630. The summed E-state index contributed by atoms with van der Waals surface area (Å²) in [7, 11) is 1.57. The lowest BCUT2D eigenvalue weighted by Crippen LogP contribution is -2.64. The summed E-state index contributed by atoms with van der Waals surface area (Å²) < 4.78 is 12.0. The van der Waals surface area contributed by atoms with E-state index in [1.165, 1.54) is 0 Å². The molecule has 1 aliphatic rings. The Morgan fingerprint density at radius 1 is 1.30 bits per heavy atom. The minimum atomic E-state index is -1.17. The van der Waals surface area contributed by atoms with Crippen LogP contribution in [-0.2, 0) is 16.1 Å². The SMILES string of the molecule is COCCNC(=O)[C@]1(C)Cn2nc(-c3ccco3)cc2C(=O)N1c1ccc(C)cc1. The lowest BCUT2D eigenvalue weighted by atomic mass is 9.94. The molecular formula is C22H24N4O4. The molecule has 1 aliphatic heterocycles. The predicted molar refractivity (Wildman–Crippen MR) is 111 cm³/mol. The van der Waals surface area contributed by atoms with Crippen LogP contribution in [-0.4, -0.2) is 47.4 Å². The Morgan fingerprint density at radius 3 is 2.73 bits per heavy atom. The quantitative estimate of drug-likeness (QED) is 0.634. The van der Waals surface area contributed by atoms with E-state index in [1.807, 2.05) is 31.2 Å². The molecule has 0 radical (unpaired) electrons. The van der Waals surface area contributed by atoms with Crippen molar-refractivity contribution < 1.29 is 18.7 Å². The van der Waals surface area contributed by atoms with Crippen LogP contribution < -0.4 is 10.2 Å². The van der Waals surface area contributed by atoms with E-state index in [0.29, 0.717) is 36.0 Å². The number of benzene rings is 1. The summed E-state index contributed by atoms with van der Waals surface area (Å²) in [6.45, 7) is 4.68. The molecule has 4 rings (SSSR count). The van der Waals surface area contributed by atoms with Crippen molar-refractivity contribution in [3.63, 3.8) is 0 Å². The molecule has 8 nitrogen and oxygen atoms in total. The maximum absolute atomic E-state index is 13.6. The molecule has 0 saturated carbocycles. The van der Waals surface area contributed by atoms with Gasteiger partial charge in [0, 0.05) is 25.4 Å². The summed E-state index contributed by atoms with van der Waals surface area (Å²) >= 11 is 0. The predicted octanol–water partition coefficient (Wildman–Crippen LogP) is 2.63. The van der Waals surface area contributed by atoms with Crippen molar-refractivity contribution in [1.29, 1.82) is 0 Å². The Kier molecular flexibility index (Phi) is 5.17. The Hall–Kier alpha value is -3.39. The van der Waals surface area contributed by atoms with Gasteiger partial charge in [-0.15, -0.1) is 0 Å². The number of nitrogens with one attached hydrogen (secondary N) is 1. The van der Waals surface area contributed by atoms with Gasteiger partial charge in [0.25, 0.3) is 5.91 Å². The fourth-order valence-corrected chi connectivity index (χ4v) is 3.68. The number of amides is 2. The first-order valence-corrected chi connectivity index (χ1v) is 9.74. The van der Waals surface area contributed by atoms with E-state index in [9.17, 15) is 9.59 Å². The molecule has 0 unspecified atom stereocenters. The number of furan rings is 1. The van der Waals surface area contributed by atoms with Crippen LogP contribution in [0.4, 0.5) is 5.69 Å². The summed E-state index contributed by atoms with van der Waals surface area (Å²) in [5.41, 5.74) is 1.52. The second-order valence-corrected chi connectivity index (χ2v) is 7.55. The second kappa shape index (κ2) is 7.79. The average molecular weight is 408 g/mol. The van der Waals surface area contributed by atoms with Crippen LogP contribution in [0.3, 0.4) is 0 Å². The highest BCUT2D eigenvalue weighted by molar-refractivity contribution is 6.12. The number of carbonyl (C=O) groups excluding carboxylic acids is 2. The Balaban J connectivity index is 1.77. The molecule has 0 aliphatic carbocycles. The van der Waals surface area contributed by atoms with Crippen LogP contribution in [0.25, 0.3) is 11.5 Å². The van der Waals surface area contributed by atoms with Crippen LogP contribution in [0.5, 0.6) is 0 Å². The van der Waals surface area contributed by atoms with Crippen molar-refractivity contribution in [1.82, 2.24) is 15.1 Å². The molecule has 0 fully saturated rings. The highest BCUT2D eigenvalue weighted by atomic mass is 16.5. The first-order valence-electron chi connectivity index (χ1n) is 9.74. The van der Waals surface area contributed by atoms with E-state index in [2.05, 4.69) is 10.4 Å². The molecule has 156 valence electrons. The van der Waals surface area contributed by atoms with Gasteiger partial charge in [-0.25, -0.2) is 0 Å². The van der Waals surface area contributed by atoms with E-state index in [1.54, 1.807) is 48.1 Å². The van der Waals surface area contributed by atoms with Gasteiger partial charge < -0.3 is 14.5 Å². The fraction of sp³-hybridized carbons (Fsp3) is 0.318. The zero-order valence-corrected chi connectivity index (χ0v) is 17.2. The number of methoxy groups -OCH3 is 1. The summed E-state index contributed by atoms with van der Waals surface area (Å²) in [6, 6.07) is 12.8. The number of carbonyl (C=O) groups is 2. The van der Waals surface area contributed by atoms with E-state index < -0.39 is 5.54 Å². The average Bonchev–Trinajstić information content (AvgIpc) is 3.39. The Morgan fingerprint density at radius 2 is 2.07 bits per heavy atom. The molecule has 0 spiro atoms. The zero-order chi connectivity index (χ0) is 21.3. The van der Waals surface area contributed by atoms with Crippen molar-refractivity contribution in [3.8, 4) is 11.5 Å². The molecule has 1 aromatic carbocycles. The topological polar surface area (TPSA) is 89.6 Å². The largest absolute Gasteiger partial charge is 0.463 e. The normalized spacial score (nSPS) is 18.4. The molecule has 1 atom stereocenters. The standard InChI is InChI=1S/C22H24N4O4/c1-15-6-8-16(9-7-15)26-20(27)18-13-17(19-5-4-11-30-19)24-25(18)14-22(26,2)21(28)23-10-12-29-3/h4-9,11,13H,10,12,14H2,1-3H3,(H,23,28)/t22-/m0/s1. The molecule has 1 N–H and O–H groups in total. The first kappa shape index (κ1) is 19.9. The Labute approximate surface area is 174 Å². The van der Waals surface area contributed by atoms with Crippen LogP contribution in [0.15, 0.2) is 53.1 Å². The molecule has 8 heteroatoms. The number of ether oxygens (including phenoxy) is 1. The number of anilines is 1. The number of aryl methyl sites for hydroxylation is 1. The number of aromatic nitrogens is 2. The van der Waals surface area contributed by atoms with Gasteiger partial charge in [0.05, 0.1) is 19.4 Å². The monoisotopic (exact) mass is 408 g/mol. The lowest BCUT2D eigenvalue weighted by molar-refractivity contribution is -0.126. The zero-order valence-electron chi connectivity index (χ0n) is 17.2. The fourth-order valence-electron chi connectivity index (χ4n) is 3.68. The molecule has 0 bridgehead atoms.